The SMILES string of the molecule is CCN1CCN(S(=O)(=O)c2cccc(NC(=O)CN3C(=O)NC(C)(C4CC4)C3=O)c2)CC1. The molecule has 11 heteroatoms. The minimum absolute atomic E-state index is 0.0940. The number of benzene rings is 1. The van der Waals surface area contributed by atoms with Crippen LogP contribution in [0.4, 0.5) is 10.5 Å². The lowest BCUT2D eigenvalue weighted by atomic mass is 9.96. The van der Waals surface area contributed by atoms with Gasteiger partial charge in [-0.2, -0.15) is 4.31 Å². The van der Waals surface area contributed by atoms with E-state index in [0.717, 1.165) is 24.3 Å². The molecular weight excluding hydrogens is 434 g/mol. The summed E-state index contributed by atoms with van der Waals surface area (Å²) in [6.45, 7) is 6.38. The van der Waals surface area contributed by atoms with E-state index in [2.05, 4.69) is 15.5 Å². The van der Waals surface area contributed by atoms with Gasteiger partial charge < -0.3 is 15.5 Å². The first-order valence-corrected chi connectivity index (χ1v) is 12.4. The Labute approximate surface area is 188 Å². The Morgan fingerprint density at radius 2 is 1.88 bits per heavy atom. The number of urea groups is 1. The van der Waals surface area contributed by atoms with Crippen LogP contribution < -0.4 is 10.6 Å². The Bertz CT molecular complexity index is 1030. The lowest BCUT2D eigenvalue weighted by Gasteiger charge is -2.33. The third-order valence-corrected chi connectivity index (χ3v) is 8.43. The summed E-state index contributed by atoms with van der Waals surface area (Å²) in [7, 11) is -3.68. The van der Waals surface area contributed by atoms with Crippen molar-refractivity contribution >= 4 is 33.6 Å². The normalized spacial score (nSPS) is 25.1. The fourth-order valence-corrected chi connectivity index (χ4v) is 5.78. The van der Waals surface area contributed by atoms with Crippen molar-refractivity contribution in [3.05, 3.63) is 24.3 Å². The van der Waals surface area contributed by atoms with Crippen molar-refractivity contribution < 1.29 is 22.8 Å². The molecule has 32 heavy (non-hydrogen) atoms. The molecule has 2 aliphatic heterocycles. The molecular formula is C21H29N5O5S. The van der Waals surface area contributed by atoms with Gasteiger partial charge in [0.05, 0.1) is 4.90 Å². The summed E-state index contributed by atoms with van der Waals surface area (Å²) >= 11 is 0. The maximum absolute atomic E-state index is 13.0. The van der Waals surface area contributed by atoms with Crippen molar-refractivity contribution in [2.24, 2.45) is 5.92 Å². The van der Waals surface area contributed by atoms with Crippen molar-refractivity contribution in [1.82, 2.24) is 19.4 Å². The Hall–Kier alpha value is -2.50. The molecule has 1 aromatic rings. The average Bonchev–Trinajstić information content (AvgIpc) is 3.60. The minimum Gasteiger partial charge on any atom is -0.324 e. The Morgan fingerprint density at radius 1 is 1.19 bits per heavy atom. The number of nitrogens with one attached hydrogen (secondary N) is 2. The third-order valence-electron chi connectivity index (χ3n) is 6.53. The van der Waals surface area contributed by atoms with E-state index in [9.17, 15) is 22.8 Å². The smallest absolute Gasteiger partial charge is 0.324 e. The molecule has 174 valence electrons. The lowest BCUT2D eigenvalue weighted by Crippen LogP contribution is -2.48. The summed E-state index contributed by atoms with van der Waals surface area (Å²) in [5.41, 5.74) is -0.659. The van der Waals surface area contributed by atoms with Gasteiger partial charge in [0.2, 0.25) is 15.9 Å². The molecule has 4 amide bonds. The van der Waals surface area contributed by atoms with Gasteiger partial charge in [0.15, 0.2) is 0 Å². The number of carbonyl (C=O) groups excluding carboxylic acids is 3. The topological polar surface area (TPSA) is 119 Å². The van der Waals surface area contributed by atoms with Gasteiger partial charge in [0, 0.05) is 31.9 Å². The van der Waals surface area contributed by atoms with E-state index in [-0.39, 0.29) is 10.8 Å². The van der Waals surface area contributed by atoms with Crippen LogP contribution in [0.2, 0.25) is 0 Å². The number of imide groups is 1. The second-order valence-corrected chi connectivity index (χ2v) is 10.7. The van der Waals surface area contributed by atoms with Gasteiger partial charge in [0.25, 0.3) is 5.91 Å². The standard InChI is InChI=1S/C21H29N5O5S/c1-3-24-9-11-25(12-10-24)32(30,31)17-6-4-5-16(13-17)22-18(27)14-26-19(28)21(2,15-7-8-15)23-20(26)29/h4-6,13,15H,3,7-12,14H2,1-2H3,(H,22,27)(H,23,29). The number of sulfonamides is 1. The summed E-state index contributed by atoms with van der Waals surface area (Å²) < 4.78 is 27.5. The zero-order valence-electron chi connectivity index (χ0n) is 18.3. The fraction of sp³-hybridized carbons (Fsp3) is 0.571. The van der Waals surface area contributed by atoms with Crippen molar-refractivity contribution in [2.45, 2.75) is 37.1 Å². The number of carbonyl (C=O) groups is 3. The molecule has 10 nitrogen and oxygen atoms in total. The molecule has 0 radical (unpaired) electrons. The summed E-state index contributed by atoms with van der Waals surface area (Å²) in [6.07, 6.45) is 1.74. The number of likely N-dealkylation sites (N-methyl/N-ethyl adjacent to an activating group) is 1. The van der Waals surface area contributed by atoms with Crippen LogP contribution in [0.25, 0.3) is 0 Å². The maximum Gasteiger partial charge on any atom is 0.325 e. The molecule has 2 saturated heterocycles. The number of anilines is 1. The van der Waals surface area contributed by atoms with E-state index in [1.165, 1.54) is 16.4 Å². The highest BCUT2D eigenvalue weighted by atomic mass is 32.2. The van der Waals surface area contributed by atoms with Gasteiger partial charge >= 0.3 is 6.03 Å². The highest BCUT2D eigenvalue weighted by molar-refractivity contribution is 7.89. The third kappa shape index (κ3) is 4.24. The summed E-state index contributed by atoms with van der Waals surface area (Å²) in [4.78, 5) is 40.7. The van der Waals surface area contributed by atoms with E-state index < -0.39 is 40.0 Å². The van der Waals surface area contributed by atoms with E-state index in [1.807, 2.05) is 6.92 Å². The average molecular weight is 464 g/mol. The van der Waals surface area contributed by atoms with E-state index in [4.69, 9.17) is 0 Å². The number of rotatable bonds is 7. The molecule has 3 aliphatic rings. The Morgan fingerprint density at radius 3 is 2.50 bits per heavy atom. The van der Waals surface area contributed by atoms with Crippen LogP contribution in [0.15, 0.2) is 29.2 Å². The highest BCUT2D eigenvalue weighted by Crippen LogP contribution is 2.42. The summed E-state index contributed by atoms with van der Waals surface area (Å²) in [6, 6.07) is 5.45. The second-order valence-electron chi connectivity index (χ2n) is 8.71. The van der Waals surface area contributed by atoms with Gasteiger partial charge in [-0.05, 0) is 50.4 Å². The van der Waals surface area contributed by atoms with Gasteiger partial charge in [-0.3, -0.25) is 14.5 Å². The van der Waals surface area contributed by atoms with Crippen LogP contribution in [0.5, 0.6) is 0 Å². The molecule has 1 aliphatic carbocycles. The fourth-order valence-electron chi connectivity index (χ4n) is 4.31. The van der Waals surface area contributed by atoms with Gasteiger partial charge in [-0.1, -0.05) is 13.0 Å². The first kappa shape index (κ1) is 22.7. The zero-order valence-corrected chi connectivity index (χ0v) is 19.2. The van der Waals surface area contributed by atoms with Crippen LogP contribution >= 0.6 is 0 Å². The van der Waals surface area contributed by atoms with Crippen molar-refractivity contribution in [1.29, 1.82) is 0 Å². The van der Waals surface area contributed by atoms with Crippen LogP contribution in [0.3, 0.4) is 0 Å². The molecule has 2 heterocycles. The molecule has 0 aromatic heterocycles. The number of piperazine rings is 1. The van der Waals surface area contributed by atoms with Crippen LogP contribution in [-0.4, -0.2) is 85.2 Å². The molecule has 1 atom stereocenters. The number of amides is 4. The number of nitrogens with zero attached hydrogens (tertiary/aromatic N) is 3. The molecule has 0 bridgehead atoms. The molecule has 0 spiro atoms. The second kappa shape index (κ2) is 8.45. The van der Waals surface area contributed by atoms with Gasteiger partial charge in [-0.15, -0.1) is 0 Å². The van der Waals surface area contributed by atoms with Gasteiger partial charge in [0.1, 0.15) is 12.1 Å². The monoisotopic (exact) mass is 463 g/mol. The predicted octanol–water partition coefficient (Wildman–Crippen LogP) is 0.672. The molecule has 4 rings (SSSR count). The number of hydrogen-bond acceptors (Lipinski definition) is 6. The number of hydrogen-bond donors (Lipinski definition) is 2. The van der Waals surface area contributed by atoms with Crippen molar-refractivity contribution in [3.63, 3.8) is 0 Å². The van der Waals surface area contributed by atoms with Crippen molar-refractivity contribution in [3.8, 4) is 0 Å². The maximum atomic E-state index is 13.0. The molecule has 3 fully saturated rings. The van der Waals surface area contributed by atoms with Crippen LogP contribution in [-0.2, 0) is 19.6 Å². The summed E-state index contributed by atoms with van der Waals surface area (Å²) in [5, 5.41) is 5.31. The molecule has 1 aromatic carbocycles. The van der Waals surface area contributed by atoms with Crippen molar-refractivity contribution in [2.75, 3.05) is 44.6 Å². The van der Waals surface area contributed by atoms with Crippen LogP contribution in [0.1, 0.15) is 26.7 Å². The first-order chi connectivity index (χ1) is 15.1. The Balaban J connectivity index is 1.41. The molecule has 2 N–H and O–H groups in total. The Kier molecular flexibility index (Phi) is 5.99. The zero-order chi connectivity index (χ0) is 23.1. The first-order valence-electron chi connectivity index (χ1n) is 10.9. The van der Waals surface area contributed by atoms with Crippen LogP contribution in [0, 0.1) is 5.92 Å². The summed E-state index contributed by atoms with van der Waals surface area (Å²) in [5.74, 6) is -0.865. The highest BCUT2D eigenvalue weighted by Gasteiger charge is 2.56. The minimum atomic E-state index is -3.68. The predicted molar refractivity (Wildman–Crippen MR) is 117 cm³/mol. The van der Waals surface area contributed by atoms with E-state index in [0.29, 0.717) is 31.9 Å². The molecule has 1 unspecified atom stereocenters. The van der Waals surface area contributed by atoms with E-state index in [1.54, 1.807) is 19.1 Å². The quantitative estimate of drug-likeness (QED) is 0.574. The van der Waals surface area contributed by atoms with Gasteiger partial charge in [-0.25, -0.2) is 13.2 Å². The lowest BCUT2D eigenvalue weighted by molar-refractivity contribution is -0.134. The largest absolute Gasteiger partial charge is 0.325 e. The molecule has 1 saturated carbocycles. The van der Waals surface area contributed by atoms with E-state index >= 15 is 0 Å².